The highest BCUT2D eigenvalue weighted by Crippen LogP contribution is 2.13. The van der Waals surface area contributed by atoms with E-state index in [1.165, 1.54) is 11.3 Å². The predicted octanol–water partition coefficient (Wildman–Crippen LogP) is 0.885. The van der Waals surface area contributed by atoms with Crippen LogP contribution in [0.5, 0.6) is 0 Å². The molecule has 0 spiro atoms. The summed E-state index contributed by atoms with van der Waals surface area (Å²) in [6.07, 6.45) is 0. The van der Waals surface area contributed by atoms with E-state index in [0.29, 0.717) is 11.7 Å². The second-order valence-corrected chi connectivity index (χ2v) is 4.72. The second-order valence-electron chi connectivity index (χ2n) is 3.66. The molecule has 15 heavy (non-hydrogen) atoms. The Balaban J connectivity index is 2.10. The second kappa shape index (κ2) is 4.28. The third kappa shape index (κ3) is 2.03. The van der Waals surface area contributed by atoms with E-state index in [-0.39, 0.29) is 5.91 Å². The summed E-state index contributed by atoms with van der Waals surface area (Å²) in [6.45, 7) is 6.49. The van der Waals surface area contributed by atoms with E-state index in [4.69, 9.17) is 0 Å². The minimum atomic E-state index is 0.0633. The van der Waals surface area contributed by atoms with Crippen molar-refractivity contribution in [1.82, 2.24) is 15.2 Å². The Bertz CT molecular complexity index is 359. The number of aryl methyl sites for hydroxylation is 1. The largest absolute Gasteiger partial charge is 0.332 e. The van der Waals surface area contributed by atoms with Crippen molar-refractivity contribution in [2.24, 2.45) is 0 Å². The van der Waals surface area contributed by atoms with Gasteiger partial charge < -0.3 is 10.2 Å². The molecule has 1 aliphatic heterocycles. The molecule has 0 saturated carbocycles. The number of carbonyl (C=O) groups excluding carboxylic acids is 1. The highest BCUT2D eigenvalue weighted by molar-refractivity contribution is 7.09. The summed E-state index contributed by atoms with van der Waals surface area (Å²) < 4.78 is 0. The molecular formula is C10H15N3OS. The third-order valence-electron chi connectivity index (χ3n) is 2.64. The average Bonchev–Trinajstić information content (AvgIpc) is 2.57. The lowest BCUT2D eigenvalue weighted by molar-refractivity contribution is 0.0625. The van der Waals surface area contributed by atoms with Gasteiger partial charge in [-0.2, -0.15) is 0 Å². The normalized spacial score (nSPS) is 16.1. The SMILES string of the molecule is CCN(C(=O)c1csc(C)n1)C1CNC1. The van der Waals surface area contributed by atoms with Crippen LogP contribution in [0.25, 0.3) is 0 Å². The number of hydrogen-bond donors (Lipinski definition) is 1. The van der Waals surface area contributed by atoms with Crippen LogP contribution in [-0.4, -0.2) is 41.5 Å². The van der Waals surface area contributed by atoms with Crippen molar-refractivity contribution < 1.29 is 4.79 Å². The average molecular weight is 225 g/mol. The summed E-state index contributed by atoms with van der Waals surface area (Å²) in [4.78, 5) is 18.2. The number of aromatic nitrogens is 1. The van der Waals surface area contributed by atoms with Gasteiger partial charge in [-0.05, 0) is 13.8 Å². The van der Waals surface area contributed by atoms with Gasteiger partial charge in [0, 0.05) is 25.0 Å². The first-order valence-corrected chi connectivity index (χ1v) is 6.04. The van der Waals surface area contributed by atoms with Crippen LogP contribution in [0.2, 0.25) is 0 Å². The van der Waals surface area contributed by atoms with E-state index in [1.807, 2.05) is 24.1 Å². The minimum absolute atomic E-state index is 0.0633. The molecule has 0 radical (unpaired) electrons. The van der Waals surface area contributed by atoms with Gasteiger partial charge in [0.1, 0.15) is 5.69 Å². The molecule has 4 nitrogen and oxygen atoms in total. The Hall–Kier alpha value is -0.940. The van der Waals surface area contributed by atoms with Crippen molar-refractivity contribution in [1.29, 1.82) is 0 Å². The molecule has 1 aliphatic rings. The van der Waals surface area contributed by atoms with Gasteiger partial charge in [-0.1, -0.05) is 0 Å². The van der Waals surface area contributed by atoms with E-state index < -0.39 is 0 Å². The van der Waals surface area contributed by atoms with Crippen LogP contribution in [0.3, 0.4) is 0 Å². The van der Waals surface area contributed by atoms with Gasteiger partial charge in [0.05, 0.1) is 11.0 Å². The fourth-order valence-electron chi connectivity index (χ4n) is 1.67. The van der Waals surface area contributed by atoms with Crippen molar-refractivity contribution in [2.45, 2.75) is 19.9 Å². The van der Waals surface area contributed by atoms with Crippen LogP contribution >= 0.6 is 11.3 Å². The van der Waals surface area contributed by atoms with Gasteiger partial charge >= 0.3 is 0 Å². The number of carbonyl (C=O) groups is 1. The van der Waals surface area contributed by atoms with E-state index in [0.717, 1.165) is 24.6 Å². The fraction of sp³-hybridized carbons (Fsp3) is 0.600. The summed E-state index contributed by atoms with van der Waals surface area (Å²) in [5.74, 6) is 0.0633. The van der Waals surface area contributed by atoms with Crippen molar-refractivity contribution in [3.63, 3.8) is 0 Å². The van der Waals surface area contributed by atoms with Crippen molar-refractivity contribution in [2.75, 3.05) is 19.6 Å². The Morgan fingerprint density at radius 3 is 2.87 bits per heavy atom. The fourth-order valence-corrected chi connectivity index (χ4v) is 2.26. The van der Waals surface area contributed by atoms with E-state index in [2.05, 4.69) is 10.3 Å². The van der Waals surface area contributed by atoms with Gasteiger partial charge in [-0.15, -0.1) is 11.3 Å². The number of amides is 1. The third-order valence-corrected chi connectivity index (χ3v) is 3.41. The van der Waals surface area contributed by atoms with E-state index in [9.17, 15) is 4.79 Å². The molecule has 0 aliphatic carbocycles. The lowest BCUT2D eigenvalue weighted by Crippen LogP contribution is -2.58. The Morgan fingerprint density at radius 2 is 2.47 bits per heavy atom. The van der Waals surface area contributed by atoms with Gasteiger partial charge in [0.2, 0.25) is 0 Å². The first-order valence-electron chi connectivity index (χ1n) is 5.16. The number of nitrogens with zero attached hydrogens (tertiary/aromatic N) is 2. The van der Waals surface area contributed by atoms with E-state index in [1.54, 1.807) is 0 Å². The summed E-state index contributed by atoms with van der Waals surface area (Å²) >= 11 is 1.52. The number of likely N-dealkylation sites (N-methyl/N-ethyl adjacent to an activating group) is 1. The van der Waals surface area contributed by atoms with Crippen LogP contribution in [0.4, 0.5) is 0 Å². The molecule has 0 unspecified atom stereocenters. The molecule has 1 amide bonds. The van der Waals surface area contributed by atoms with Gasteiger partial charge in [-0.25, -0.2) is 4.98 Å². The monoisotopic (exact) mass is 225 g/mol. The molecule has 0 atom stereocenters. The van der Waals surface area contributed by atoms with Crippen LogP contribution in [-0.2, 0) is 0 Å². The summed E-state index contributed by atoms with van der Waals surface area (Å²) in [5.41, 5.74) is 0.589. The first kappa shape index (κ1) is 10.6. The molecule has 0 aromatic carbocycles. The van der Waals surface area contributed by atoms with Crippen LogP contribution in [0.1, 0.15) is 22.4 Å². The molecule has 2 rings (SSSR count). The first-order chi connectivity index (χ1) is 7.22. The zero-order chi connectivity index (χ0) is 10.8. The summed E-state index contributed by atoms with van der Waals surface area (Å²) in [7, 11) is 0. The maximum absolute atomic E-state index is 12.1. The topological polar surface area (TPSA) is 45.2 Å². The Morgan fingerprint density at radius 1 is 1.73 bits per heavy atom. The molecule has 1 N–H and O–H groups in total. The zero-order valence-electron chi connectivity index (χ0n) is 8.99. The van der Waals surface area contributed by atoms with Crippen LogP contribution < -0.4 is 5.32 Å². The molecule has 0 bridgehead atoms. The van der Waals surface area contributed by atoms with E-state index >= 15 is 0 Å². The molecule has 82 valence electrons. The maximum atomic E-state index is 12.1. The molecule has 2 heterocycles. The Labute approximate surface area is 93.3 Å². The van der Waals surface area contributed by atoms with Crippen molar-refractivity contribution >= 4 is 17.2 Å². The molecule has 1 fully saturated rings. The smallest absolute Gasteiger partial charge is 0.273 e. The Kier molecular flexibility index (Phi) is 3.02. The highest BCUT2D eigenvalue weighted by Gasteiger charge is 2.28. The number of nitrogens with one attached hydrogen (secondary N) is 1. The number of rotatable bonds is 3. The molecule has 1 aromatic rings. The quantitative estimate of drug-likeness (QED) is 0.831. The maximum Gasteiger partial charge on any atom is 0.273 e. The summed E-state index contributed by atoms with van der Waals surface area (Å²) in [6, 6.07) is 0.351. The summed E-state index contributed by atoms with van der Waals surface area (Å²) in [5, 5.41) is 5.96. The lowest BCUT2D eigenvalue weighted by atomic mass is 10.1. The van der Waals surface area contributed by atoms with Gasteiger partial charge in [-0.3, -0.25) is 4.79 Å². The molecule has 1 saturated heterocycles. The van der Waals surface area contributed by atoms with Crippen molar-refractivity contribution in [3.05, 3.63) is 16.1 Å². The van der Waals surface area contributed by atoms with Crippen LogP contribution in [0.15, 0.2) is 5.38 Å². The molecule has 5 heteroatoms. The lowest BCUT2D eigenvalue weighted by Gasteiger charge is -2.37. The zero-order valence-corrected chi connectivity index (χ0v) is 9.80. The number of thiazole rings is 1. The highest BCUT2D eigenvalue weighted by atomic mass is 32.1. The van der Waals surface area contributed by atoms with Crippen molar-refractivity contribution in [3.8, 4) is 0 Å². The standard InChI is InChI=1S/C10H15N3OS/c1-3-13(8-4-11-5-8)10(14)9-6-15-7(2)12-9/h6,8,11H,3-5H2,1-2H3. The molecule has 1 aromatic heterocycles. The minimum Gasteiger partial charge on any atom is -0.332 e. The van der Waals surface area contributed by atoms with Gasteiger partial charge in [0.25, 0.3) is 5.91 Å². The predicted molar refractivity (Wildman–Crippen MR) is 60.2 cm³/mol. The molecular weight excluding hydrogens is 210 g/mol. The van der Waals surface area contributed by atoms with Gasteiger partial charge in [0.15, 0.2) is 0 Å². The van der Waals surface area contributed by atoms with Crippen LogP contribution in [0, 0.1) is 6.92 Å². The number of hydrogen-bond acceptors (Lipinski definition) is 4.